The van der Waals surface area contributed by atoms with E-state index in [0.717, 1.165) is 6.07 Å². The molecular weight excluding hydrogens is 237 g/mol. The number of hydrogen-bond acceptors (Lipinski definition) is 2. The van der Waals surface area contributed by atoms with Crippen molar-refractivity contribution >= 4 is 17.5 Å². The molecule has 1 aromatic rings. The van der Waals surface area contributed by atoms with Crippen LogP contribution in [0.1, 0.15) is 18.1 Å². The summed E-state index contributed by atoms with van der Waals surface area (Å²) in [5, 5.41) is 0. The van der Waals surface area contributed by atoms with Crippen LogP contribution in [0.2, 0.25) is 0 Å². The largest absolute Gasteiger partial charge is 0.416 e. The molecule has 88 valence electrons. The van der Waals surface area contributed by atoms with Gasteiger partial charge in [0, 0.05) is 11.3 Å². The van der Waals surface area contributed by atoms with Gasteiger partial charge in [0.2, 0.25) is 0 Å². The summed E-state index contributed by atoms with van der Waals surface area (Å²) in [5.41, 5.74) is -0.635. The lowest BCUT2D eigenvalue weighted by atomic mass is 10.0. The number of hydrogen-bond donors (Lipinski definition) is 0. The van der Waals surface area contributed by atoms with Crippen molar-refractivity contribution in [2.45, 2.75) is 24.4 Å². The van der Waals surface area contributed by atoms with E-state index in [9.17, 15) is 18.0 Å². The lowest BCUT2D eigenvalue weighted by Gasteiger charge is -2.14. The van der Waals surface area contributed by atoms with E-state index < -0.39 is 11.7 Å². The van der Waals surface area contributed by atoms with Gasteiger partial charge in [-0.1, -0.05) is 6.07 Å². The molecule has 0 aromatic heterocycles. The van der Waals surface area contributed by atoms with Crippen molar-refractivity contribution in [2.24, 2.45) is 0 Å². The molecule has 5 heteroatoms. The topological polar surface area (TPSA) is 17.1 Å². The number of rotatable bonds is 3. The Labute approximate surface area is 96.0 Å². The Bertz CT molecular complexity index is 399. The second-order valence-electron chi connectivity index (χ2n) is 3.36. The third-order valence-corrected chi connectivity index (χ3v) is 2.91. The van der Waals surface area contributed by atoms with Crippen LogP contribution in [0.15, 0.2) is 23.1 Å². The fourth-order valence-electron chi connectivity index (χ4n) is 1.45. The Morgan fingerprint density at radius 3 is 2.44 bits per heavy atom. The van der Waals surface area contributed by atoms with Gasteiger partial charge >= 0.3 is 6.18 Å². The van der Waals surface area contributed by atoms with E-state index in [1.807, 2.05) is 0 Å². The van der Waals surface area contributed by atoms with Crippen molar-refractivity contribution in [1.29, 1.82) is 0 Å². The first-order valence-electron chi connectivity index (χ1n) is 4.58. The van der Waals surface area contributed by atoms with E-state index in [1.165, 1.54) is 24.8 Å². The first-order chi connectivity index (χ1) is 7.36. The van der Waals surface area contributed by atoms with Gasteiger partial charge in [-0.2, -0.15) is 13.2 Å². The van der Waals surface area contributed by atoms with Crippen molar-refractivity contribution in [2.75, 3.05) is 6.26 Å². The molecule has 0 atom stereocenters. The summed E-state index contributed by atoms with van der Waals surface area (Å²) >= 11 is 1.22. The standard InChI is InChI=1S/C11H11F3OS/c1-7(15)6-8-9(11(12,13)14)4-3-5-10(8)16-2/h3-5H,6H2,1-2H3. The van der Waals surface area contributed by atoms with Crippen molar-refractivity contribution in [3.8, 4) is 0 Å². The smallest absolute Gasteiger partial charge is 0.300 e. The van der Waals surface area contributed by atoms with Gasteiger partial charge in [0.25, 0.3) is 0 Å². The van der Waals surface area contributed by atoms with E-state index in [-0.39, 0.29) is 17.8 Å². The number of alkyl halides is 3. The molecule has 0 N–H and O–H groups in total. The predicted molar refractivity (Wildman–Crippen MR) is 57.6 cm³/mol. The van der Waals surface area contributed by atoms with Gasteiger partial charge in [0.1, 0.15) is 5.78 Å². The summed E-state index contributed by atoms with van der Waals surface area (Å²) in [5.74, 6) is -0.271. The molecule has 1 aromatic carbocycles. The highest BCUT2D eigenvalue weighted by atomic mass is 32.2. The molecule has 0 spiro atoms. The fraction of sp³-hybridized carbons (Fsp3) is 0.364. The van der Waals surface area contributed by atoms with Crippen LogP contribution in [-0.2, 0) is 17.4 Å². The molecule has 0 aliphatic heterocycles. The van der Waals surface area contributed by atoms with E-state index in [2.05, 4.69) is 0 Å². The predicted octanol–water partition coefficient (Wildman–Crippen LogP) is 3.56. The van der Waals surface area contributed by atoms with Crippen LogP contribution in [0.5, 0.6) is 0 Å². The zero-order chi connectivity index (χ0) is 12.3. The van der Waals surface area contributed by atoms with Crippen molar-refractivity contribution in [3.63, 3.8) is 0 Å². The number of carbonyl (C=O) groups is 1. The molecule has 0 fully saturated rings. The summed E-state index contributed by atoms with van der Waals surface area (Å²) in [4.78, 5) is 11.5. The van der Waals surface area contributed by atoms with Gasteiger partial charge in [-0.15, -0.1) is 11.8 Å². The number of Topliss-reactive ketones (excluding diaryl/α,β-unsaturated/α-hetero) is 1. The zero-order valence-electron chi connectivity index (χ0n) is 8.89. The van der Waals surface area contributed by atoms with Gasteiger partial charge in [0.15, 0.2) is 0 Å². The first kappa shape index (κ1) is 13.1. The normalized spacial score (nSPS) is 11.6. The van der Waals surface area contributed by atoms with Gasteiger partial charge < -0.3 is 0 Å². The maximum Gasteiger partial charge on any atom is 0.416 e. The van der Waals surface area contributed by atoms with Gasteiger partial charge in [-0.05, 0) is 30.9 Å². The number of halogens is 3. The minimum absolute atomic E-state index is 0.0787. The van der Waals surface area contributed by atoms with E-state index in [1.54, 1.807) is 12.3 Å². The lowest BCUT2D eigenvalue weighted by molar-refractivity contribution is -0.138. The van der Waals surface area contributed by atoms with Gasteiger partial charge in [-0.25, -0.2) is 0 Å². The molecule has 0 bridgehead atoms. The molecule has 1 rings (SSSR count). The van der Waals surface area contributed by atoms with Gasteiger partial charge in [-0.3, -0.25) is 4.79 Å². The van der Waals surface area contributed by atoms with Crippen LogP contribution >= 0.6 is 11.8 Å². The van der Waals surface area contributed by atoms with Crippen LogP contribution in [0.25, 0.3) is 0 Å². The monoisotopic (exact) mass is 248 g/mol. The molecule has 0 aliphatic carbocycles. The number of carbonyl (C=O) groups excluding carboxylic acids is 1. The van der Waals surface area contributed by atoms with Crippen LogP contribution < -0.4 is 0 Å². The molecule has 0 heterocycles. The number of ketones is 1. The molecule has 0 radical (unpaired) electrons. The van der Waals surface area contributed by atoms with Crippen LogP contribution in [0, 0.1) is 0 Å². The van der Waals surface area contributed by atoms with Crippen molar-refractivity contribution < 1.29 is 18.0 Å². The maximum absolute atomic E-state index is 12.7. The Hall–Kier alpha value is -0.970. The molecule has 1 nitrogen and oxygen atoms in total. The van der Waals surface area contributed by atoms with Crippen LogP contribution in [0.3, 0.4) is 0 Å². The quantitative estimate of drug-likeness (QED) is 0.761. The highest BCUT2D eigenvalue weighted by Crippen LogP contribution is 2.36. The summed E-state index contributed by atoms with van der Waals surface area (Å²) < 4.78 is 38.1. The molecule has 0 unspecified atom stereocenters. The van der Waals surface area contributed by atoms with Crippen LogP contribution in [-0.4, -0.2) is 12.0 Å². The molecule has 0 amide bonds. The third-order valence-electron chi connectivity index (χ3n) is 2.08. The molecule has 0 saturated heterocycles. The second kappa shape index (κ2) is 4.91. The van der Waals surface area contributed by atoms with E-state index in [4.69, 9.17) is 0 Å². The number of benzene rings is 1. The average molecular weight is 248 g/mol. The van der Waals surface area contributed by atoms with E-state index >= 15 is 0 Å². The molecule has 0 saturated carbocycles. The second-order valence-corrected chi connectivity index (χ2v) is 4.21. The Morgan fingerprint density at radius 1 is 1.38 bits per heavy atom. The fourth-order valence-corrected chi connectivity index (χ4v) is 2.10. The maximum atomic E-state index is 12.7. The SMILES string of the molecule is CSc1cccc(C(F)(F)F)c1CC(C)=O. The first-order valence-corrected chi connectivity index (χ1v) is 5.81. The summed E-state index contributed by atoms with van der Waals surface area (Å²) in [7, 11) is 0. The lowest BCUT2D eigenvalue weighted by Crippen LogP contribution is -2.12. The minimum atomic E-state index is -4.41. The summed E-state index contributed by atoms with van der Waals surface area (Å²) in [6.45, 7) is 1.29. The van der Waals surface area contributed by atoms with Crippen LogP contribution in [0.4, 0.5) is 13.2 Å². The third kappa shape index (κ3) is 3.01. The Kier molecular flexibility index (Phi) is 4.02. The summed E-state index contributed by atoms with van der Waals surface area (Å²) in [6.07, 6.45) is -2.89. The Balaban J connectivity index is 3.31. The minimum Gasteiger partial charge on any atom is -0.300 e. The zero-order valence-corrected chi connectivity index (χ0v) is 9.71. The molecular formula is C11H11F3OS. The molecule has 16 heavy (non-hydrogen) atoms. The molecule has 0 aliphatic rings. The summed E-state index contributed by atoms with van der Waals surface area (Å²) in [6, 6.07) is 3.97. The number of thioether (sulfide) groups is 1. The highest BCUT2D eigenvalue weighted by molar-refractivity contribution is 7.98. The van der Waals surface area contributed by atoms with Crippen molar-refractivity contribution in [3.05, 3.63) is 29.3 Å². The van der Waals surface area contributed by atoms with Crippen molar-refractivity contribution in [1.82, 2.24) is 0 Å². The average Bonchev–Trinajstić information content (AvgIpc) is 2.15. The Morgan fingerprint density at radius 2 is 2.00 bits per heavy atom. The van der Waals surface area contributed by atoms with E-state index in [0.29, 0.717) is 4.90 Å². The highest BCUT2D eigenvalue weighted by Gasteiger charge is 2.34. The van der Waals surface area contributed by atoms with Gasteiger partial charge in [0.05, 0.1) is 5.56 Å².